The molecule has 0 saturated heterocycles. The highest BCUT2D eigenvalue weighted by Crippen LogP contribution is 2.15. The van der Waals surface area contributed by atoms with Crippen molar-refractivity contribution in [3.63, 3.8) is 0 Å². The fourth-order valence-electron chi connectivity index (χ4n) is 0.767. The lowest BCUT2D eigenvalue weighted by Gasteiger charge is -2.33. The molecule has 78 valence electrons. The van der Waals surface area contributed by atoms with E-state index in [1.54, 1.807) is 6.92 Å². The summed E-state index contributed by atoms with van der Waals surface area (Å²) in [4.78, 5) is 10.7. The Morgan fingerprint density at radius 1 is 1.54 bits per heavy atom. The lowest BCUT2D eigenvalue weighted by Crippen LogP contribution is -2.56. The predicted octanol–water partition coefficient (Wildman–Crippen LogP) is 0.741. The molecule has 3 nitrogen and oxygen atoms in total. The summed E-state index contributed by atoms with van der Waals surface area (Å²) < 4.78 is 23.8. The van der Waals surface area contributed by atoms with Gasteiger partial charge in [-0.2, -0.15) is 8.78 Å². The van der Waals surface area contributed by atoms with Crippen LogP contribution in [0.1, 0.15) is 20.8 Å². The van der Waals surface area contributed by atoms with Crippen molar-refractivity contribution >= 4 is 5.91 Å². The maximum atomic E-state index is 11.9. The summed E-state index contributed by atoms with van der Waals surface area (Å²) >= 11 is 0. The van der Waals surface area contributed by atoms with Crippen LogP contribution in [0.4, 0.5) is 8.78 Å². The van der Waals surface area contributed by atoms with Crippen LogP contribution in [-0.2, 0) is 4.79 Å². The van der Waals surface area contributed by atoms with E-state index in [-0.39, 0.29) is 12.5 Å². The van der Waals surface area contributed by atoms with Gasteiger partial charge < -0.3 is 11.1 Å². The third kappa shape index (κ3) is 3.26. The molecule has 3 N–H and O–H groups in total. The van der Waals surface area contributed by atoms with E-state index in [2.05, 4.69) is 5.32 Å². The number of hydrogen-bond donors (Lipinski definition) is 2. The maximum Gasteiger partial charge on any atom is 0.315 e. The monoisotopic (exact) mass is 194 g/mol. The fraction of sp³-hybridized carbons (Fsp3) is 0.875. The standard InChI is InChI=1S/C8H16F2N2O/c1-5(2)8(3,4-11)12-7(13)6(9)10/h5-6H,4,11H2,1-3H3,(H,12,13). The maximum absolute atomic E-state index is 11.9. The molecule has 5 heteroatoms. The zero-order chi connectivity index (χ0) is 10.6. The van der Waals surface area contributed by atoms with Gasteiger partial charge in [-0.3, -0.25) is 4.79 Å². The molecular formula is C8H16F2N2O. The summed E-state index contributed by atoms with van der Waals surface area (Å²) in [6, 6.07) is 0. The first-order valence-electron chi connectivity index (χ1n) is 4.13. The zero-order valence-electron chi connectivity index (χ0n) is 8.10. The van der Waals surface area contributed by atoms with Gasteiger partial charge in [0.25, 0.3) is 5.91 Å². The minimum absolute atomic E-state index is 0.0141. The third-order valence-corrected chi connectivity index (χ3v) is 2.31. The van der Waals surface area contributed by atoms with Crippen LogP contribution in [0.15, 0.2) is 0 Å². The first-order chi connectivity index (χ1) is 5.83. The van der Waals surface area contributed by atoms with Crippen LogP contribution >= 0.6 is 0 Å². The fourth-order valence-corrected chi connectivity index (χ4v) is 0.767. The minimum atomic E-state index is -2.98. The molecule has 0 fully saturated rings. The van der Waals surface area contributed by atoms with E-state index in [0.29, 0.717) is 0 Å². The summed E-state index contributed by atoms with van der Waals surface area (Å²) in [6.45, 7) is 5.43. The topological polar surface area (TPSA) is 55.1 Å². The van der Waals surface area contributed by atoms with Crippen molar-refractivity contribution in [2.75, 3.05) is 6.54 Å². The van der Waals surface area contributed by atoms with Crippen LogP contribution in [0.2, 0.25) is 0 Å². The van der Waals surface area contributed by atoms with Crippen LogP contribution in [0.3, 0.4) is 0 Å². The number of nitrogens with one attached hydrogen (secondary N) is 1. The quantitative estimate of drug-likeness (QED) is 0.693. The van der Waals surface area contributed by atoms with Gasteiger partial charge in [0.15, 0.2) is 0 Å². The van der Waals surface area contributed by atoms with E-state index < -0.39 is 17.9 Å². The molecule has 1 atom stereocenters. The zero-order valence-corrected chi connectivity index (χ0v) is 8.10. The van der Waals surface area contributed by atoms with Crippen molar-refractivity contribution in [2.24, 2.45) is 11.7 Å². The van der Waals surface area contributed by atoms with Crippen LogP contribution in [-0.4, -0.2) is 24.4 Å². The highest BCUT2D eigenvalue weighted by Gasteiger charge is 2.31. The Morgan fingerprint density at radius 2 is 2.00 bits per heavy atom. The second-order valence-electron chi connectivity index (χ2n) is 3.57. The molecule has 1 amide bonds. The van der Waals surface area contributed by atoms with Gasteiger partial charge in [-0.05, 0) is 12.8 Å². The number of halogens is 2. The molecule has 0 spiro atoms. The summed E-state index contributed by atoms with van der Waals surface area (Å²) in [6.07, 6.45) is -2.98. The van der Waals surface area contributed by atoms with Gasteiger partial charge in [0, 0.05) is 6.54 Å². The van der Waals surface area contributed by atoms with E-state index in [4.69, 9.17) is 5.73 Å². The normalized spacial score (nSPS) is 16.0. The van der Waals surface area contributed by atoms with E-state index in [1.807, 2.05) is 13.8 Å². The number of nitrogens with two attached hydrogens (primary N) is 1. The molecule has 0 radical (unpaired) electrons. The Hall–Kier alpha value is -0.710. The van der Waals surface area contributed by atoms with Crippen molar-refractivity contribution in [3.05, 3.63) is 0 Å². The molecule has 0 aromatic rings. The molecule has 0 aliphatic carbocycles. The molecule has 0 saturated carbocycles. The first-order valence-corrected chi connectivity index (χ1v) is 4.13. The SMILES string of the molecule is CC(C)C(C)(CN)NC(=O)C(F)F. The van der Waals surface area contributed by atoms with Crippen LogP contribution < -0.4 is 11.1 Å². The molecule has 0 aromatic carbocycles. The van der Waals surface area contributed by atoms with Gasteiger partial charge >= 0.3 is 6.43 Å². The van der Waals surface area contributed by atoms with E-state index in [0.717, 1.165) is 0 Å². The Morgan fingerprint density at radius 3 is 2.23 bits per heavy atom. The number of carbonyl (C=O) groups is 1. The van der Waals surface area contributed by atoms with Crippen molar-refractivity contribution in [3.8, 4) is 0 Å². The second-order valence-corrected chi connectivity index (χ2v) is 3.57. The molecular weight excluding hydrogens is 178 g/mol. The number of amides is 1. The molecule has 0 aliphatic heterocycles. The molecule has 13 heavy (non-hydrogen) atoms. The first kappa shape index (κ1) is 12.3. The molecule has 0 aromatic heterocycles. The van der Waals surface area contributed by atoms with Crippen molar-refractivity contribution in [2.45, 2.75) is 32.7 Å². The van der Waals surface area contributed by atoms with Gasteiger partial charge in [0.05, 0.1) is 5.54 Å². The average Bonchev–Trinajstić information content (AvgIpc) is 2.03. The molecule has 0 rings (SSSR count). The predicted molar refractivity (Wildman–Crippen MR) is 46.4 cm³/mol. The average molecular weight is 194 g/mol. The third-order valence-electron chi connectivity index (χ3n) is 2.31. The summed E-state index contributed by atoms with van der Waals surface area (Å²) in [5.74, 6) is -1.25. The Balaban J connectivity index is 4.36. The van der Waals surface area contributed by atoms with E-state index >= 15 is 0 Å². The Labute approximate surface area is 76.7 Å². The van der Waals surface area contributed by atoms with Crippen molar-refractivity contribution < 1.29 is 13.6 Å². The molecule has 0 aliphatic rings. The van der Waals surface area contributed by atoms with E-state index in [9.17, 15) is 13.6 Å². The van der Waals surface area contributed by atoms with Gasteiger partial charge in [-0.25, -0.2) is 0 Å². The Kier molecular flexibility index (Phi) is 4.26. The summed E-state index contributed by atoms with van der Waals surface area (Å²) in [5.41, 5.74) is 4.64. The molecule has 1 unspecified atom stereocenters. The molecule has 0 bridgehead atoms. The van der Waals surface area contributed by atoms with Crippen molar-refractivity contribution in [1.29, 1.82) is 0 Å². The minimum Gasteiger partial charge on any atom is -0.344 e. The number of hydrogen-bond acceptors (Lipinski definition) is 2. The van der Waals surface area contributed by atoms with Gasteiger partial charge in [0.2, 0.25) is 0 Å². The Bertz CT molecular complexity index is 185. The van der Waals surface area contributed by atoms with Crippen LogP contribution in [0.5, 0.6) is 0 Å². The van der Waals surface area contributed by atoms with Gasteiger partial charge in [-0.15, -0.1) is 0 Å². The highest BCUT2D eigenvalue weighted by atomic mass is 19.3. The lowest BCUT2D eigenvalue weighted by atomic mass is 9.88. The van der Waals surface area contributed by atoms with Gasteiger partial charge in [0.1, 0.15) is 0 Å². The highest BCUT2D eigenvalue weighted by molar-refractivity contribution is 5.79. The van der Waals surface area contributed by atoms with E-state index in [1.165, 1.54) is 0 Å². The number of alkyl halides is 2. The number of carbonyl (C=O) groups excluding carboxylic acids is 1. The molecule has 0 heterocycles. The summed E-state index contributed by atoms with van der Waals surface area (Å²) in [7, 11) is 0. The largest absolute Gasteiger partial charge is 0.344 e. The van der Waals surface area contributed by atoms with Gasteiger partial charge in [-0.1, -0.05) is 13.8 Å². The second kappa shape index (κ2) is 4.50. The summed E-state index contributed by atoms with van der Waals surface area (Å²) in [5, 5.41) is 2.23. The van der Waals surface area contributed by atoms with Crippen molar-refractivity contribution in [1.82, 2.24) is 5.32 Å². The number of rotatable bonds is 4. The van der Waals surface area contributed by atoms with Crippen LogP contribution in [0, 0.1) is 5.92 Å². The smallest absolute Gasteiger partial charge is 0.315 e. The van der Waals surface area contributed by atoms with Crippen LogP contribution in [0.25, 0.3) is 0 Å². The lowest BCUT2D eigenvalue weighted by molar-refractivity contribution is -0.134.